The van der Waals surface area contributed by atoms with Crippen LogP contribution < -0.4 is 19.5 Å². The lowest BCUT2D eigenvalue weighted by Gasteiger charge is -2.12. The van der Waals surface area contributed by atoms with Gasteiger partial charge in [0.2, 0.25) is 5.91 Å². The van der Waals surface area contributed by atoms with Crippen molar-refractivity contribution in [1.29, 1.82) is 0 Å². The van der Waals surface area contributed by atoms with E-state index in [2.05, 4.69) is 5.32 Å². The Bertz CT molecular complexity index is 768. The fourth-order valence-electron chi connectivity index (χ4n) is 2.40. The van der Waals surface area contributed by atoms with Gasteiger partial charge in [-0.2, -0.15) is 0 Å². The lowest BCUT2D eigenvalue weighted by Crippen LogP contribution is -2.20. The second-order valence-electron chi connectivity index (χ2n) is 5.43. The number of hydrogen-bond donors (Lipinski definition) is 1. The van der Waals surface area contributed by atoms with E-state index >= 15 is 0 Å². The van der Waals surface area contributed by atoms with Gasteiger partial charge in [0.25, 0.3) is 0 Å². The summed E-state index contributed by atoms with van der Waals surface area (Å²) in [5.74, 6) is 1.56. The summed E-state index contributed by atoms with van der Waals surface area (Å²) in [5.41, 5.74) is 2.97. The Labute approximate surface area is 148 Å². The summed E-state index contributed by atoms with van der Waals surface area (Å²) in [4.78, 5) is 12.1. The van der Waals surface area contributed by atoms with E-state index in [4.69, 9.17) is 14.2 Å². The van der Waals surface area contributed by atoms with Gasteiger partial charge in [0.1, 0.15) is 5.75 Å². The van der Waals surface area contributed by atoms with Crippen LogP contribution in [0.15, 0.2) is 42.5 Å². The fourth-order valence-corrected chi connectivity index (χ4v) is 2.40. The molecule has 0 aromatic heterocycles. The SMILES string of the molecule is COc1cc(OC)c(OC)cc1/C=C/C(=O)NCc1ccccc1C. The lowest BCUT2D eigenvalue weighted by atomic mass is 10.1. The molecule has 0 heterocycles. The van der Waals surface area contributed by atoms with Gasteiger partial charge in [-0.15, -0.1) is 0 Å². The Kier molecular flexibility index (Phi) is 6.46. The highest BCUT2D eigenvalue weighted by Crippen LogP contribution is 2.35. The molecular formula is C20H23NO4. The largest absolute Gasteiger partial charge is 0.496 e. The minimum atomic E-state index is -0.180. The van der Waals surface area contributed by atoms with Crippen molar-refractivity contribution < 1.29 is 19.0 Å². The molecule has 0 unspecified atom stereocenters. The van der Waals surface area contributed by atoms with Crippen molar-refractivity contribution in [3.05, 3.63) is 59.2 Å². The van der Waals surface area contributed by atoms with Crippen molar-refractivity contribution in [1.82, 2.24) is 5.32 Å². The predicted octanol–water partition coefficient (Wildman–Crippen LogP) is 3.35. The van der Waals surface area contributed by atoms with Crippen LogP contribution in [0, 0.1) is 6.92 Å². The predicted molar refractivity (Wildman–Crippen MR) is 98.2 cm³/mol. The van der Waals surface area contributed by atoms with Gasteiger partial charge in [0.15, 0.2) is 11.5 Å². The van der Waals surface area contributed by atoms with Gasteiger partial charge < -0.3 is 19.5 Å². The van der Waals surface area contributed by atoms with Gasteiger partial charge in [0.05, 0.1) is 21.3 Å². The molecule has 2 rings (SSSR count). The van der Waals surface area contributed by atoms with Gasteiger partial charge in [0, 0.05) is 24.3 Å². The van der Waals surface area contributed by atoms with E-state index in [-0.39, 0.29) is 5.91 Å². The monoisotopic (exact) mass is 341 g/mol. The molecule has 0 bridgehead atoms. The molecule has 1 amide bonds. The first-order chi connectivity index (χ1) is 12.1. The van der Waals surface area contributed by atoms with Gasteiger partial charge in [-0.25, -0.2) is 0 Å². The van der Waals surface area contributed by atoms with Crippen LogP contribution in [0.2, 0.25) is 0 Å². The second-order valence-corrected chi connectivity index (χ2v) is 5.43. The van der Waals surface area contributed by atoms with Crippen LogP contribution in [0.3, 0.4) is 0 Å². The highest BCUT2D eigenvalue weighted by molar-refractivity contribution is 5.92. The molecule has 0 aliphatic rings. The molecule has 0 atom stereocenters. The third-order valence-corrected chi connectivity index (χ3v) is 3.86. The van der Waals surface area contributed by atoms with E-state index in [1.54, 1.807) is 39.5 Å². The maximum atomic E-state index is 12.1. The molecule has 5 heteroatoms. The van der Waals surface area contributed by atoms with E-state index in [1.165, 1.54) is 6.08 Å². The number of ether oxygens (including phenoxy) is 3. The molecule has 25 heavy (non-hydrogen) atoms. The first-order valence-electron chi connectivity index (χ1n) is 7.89. The number of carbonyl (C=O) groups is 1. The van der Waals surface area contributed by atoms with Gasteiger partial charge in [-0.1, -0.05) is 24.3 Å². The van der Waals surface area contributed by atoms with Crippen molar-refractivity contribution in [3.63, 3.8) is 0 Å². The molecule has 5 nitrogen and oxygen atoms in total. The molecule has 0 saturated heterocycles. The molecule has 0 radical (unpaired) electrons. The summed E-state index contributed by atoms with van der Waals surface area (Å²) in [6, 6.07) is 11.4. The molecule has 0 aliphatic carbocycles. The number of nitrogens with one attached hydrogen (secondary N) is 1. The van der Waals surface area contributed by atoms with E-state index in [0.29, 0.717) is 23.8 Å². The van der Waals surface area contributed by atoms with E-state index < -0.39 is 0 Å². The van der Waals surface area contributed by atoms with Crippen LogP contribution in [0.5, 0.6) is 17.2 Å². The second kappa shape index (κ2) is 8.78. The van der Waals surface area contributed by atoms with E-state index in [1.807, 2.05) is 31.2 Å². The fraction of sp³-hybridized carbons (Fsp3) is 0.250. The van der Waals surface area contributed by atoms with Gasteiger partial charge in [-0.3, -0.25) is 4.79 Å². The van der Waals surface area contributed by atoms with Crippen molar-refractivity contribution in [3.8, 4) is 17.2 Å². The Balaban J connectivity index is 2.10. The smallest absolute Gasteiger partial charge is 0.244 e. The Hall–Kier alpha value is -2.95. The number of rotatable bonds is 7. The summed E-state index contributed by atoms with van der Waals surface area (Å²) >= 11 is 0. The van der Waals surface area contributed by atoms with Crippen LogP contribution in [0.25, 0.3) is 6.08 Å². The Morgan fingerprint density at radius 3 is 2.28 bits per heavy atom. The van der Waals surface area contributed by atoms with E-state index in [9.17, 15) is 4.79 Å². The number of methoxy groups -OCH3 is 3. The molecule has 0 spiro atoms. The van der Waals surface area contributed by atoms with Gasteiger partial charge in [-0.05, 0) is 30.2 Å². The highest BCUT2D eigenvalue weighted by Gasteiger charge is 2.10. The van der Waals surface area contributed by atoms with Crippen molar-refractivity contribution in [2.24, 2.45) is 0 Å². The summed E-state index contributed by atoms with van der Waals surface area (Å²) < 4.78 is 15.9. The van der Waals surface area contributed by atoms with Crippen molar-refractivity contribution in [2.45, 2.75) is 13.5 Å². The van der Waals surface area contributed by atoms with Gasteiger partial charge >= 0.3 is 0 Å². The number of amides is 1. The lowest BCUT2D eigenvalue weighted by molar-refractivity contribution is -0.116. The van der Waals surface area contributed by atoms with Crippen LogP contribution in [-0.2, 0) is 11.3 Å². The topological polar surface area (TPSA) is 56.8 Å². The molecule has 132 valence electrons. The van der Waals surface area contributed by atoms with Crippen LogP contribution in [-0.4, -0.2) is 27.2 Å². The number of benzene rings is 2. The maximum absolute atomic E-state index is 12.1. The molecule has 2 aromatic carbocycles. The molecule has 2 aromatic rings. The molecular weight excluding hydrogens is 318 g/mol. The quantitative estimate of drug-likeness (QED) is 0.785. The molecule has 0 saturated carbocycles. The summed E-state index contributed by atoms with van der Waals surface area (Å²) in [6.07, 6.45) is 3.16. The zero-order valence-corrected chi connectivity index (χ0v) is 15.0. The van der Waals surface area contributed by atoms with Crippen LogP contribution >= 0.6 is 0 Å². The standard InChI is InChI=1S/C20H23NO4/c1-14-7-5-6-8-16(14)13-21-20(22)10-9-15-11-18(24-3)19(25-4)12-17(15)23-2/h5-12H,13H2,1-4H3,(H,21,22)/b10-9+. The minimum absolute atomic E-state index is 0.180. The average molecular weight is 341 g/mol. The zero-order valence-electron chi connectivity index (χ0n) is 15.0. The summed E-state index contributed by atoms with van der Waals surface area (Å²) in [6.45, 7) is 2.50. The van der Waals surface area contributed by atoms with Crippen molar-refractivity contribution >= 4 is 12.0 Å². The number of hydrogen-bond acceptors (Lipinski definition) is 4. The average Bonchev–Trinajstić information content (AvgIpc) is 2.64. The Morgan fingerprint density at radius 2 is 1.64 bits per heavy atom. The first-order valence-corrected chi connectivity index (χ1v) is 7.89. The Morgan fingerprint density at radius 1 is 1.00 bits per heavy atom. The van der Waals surface area contributed by atoms with E-state index in [0.717, 1.165) is 16.7 Å². The normalized spacial score (nSPS) is 10.6. The molecule has 0 aliphatic heterocycles. The maximum Gasteiger partial charge on any atom is 0.244 e. The third kappa shape index (κ3) is 4.76. The van der Waals surface area contributed by atoms with Crippen LogP contribution in [0.4, 0.5) is 0 Å². The minimum Gasteiger partial charge on any atom is -0.496 e. The summed E-state index contributed by atoms with van der Waals surface area (Å²) in [7, 11) is 4.69. The zero-order chi connectivity index (χ0) is 18.2. The first kappa shape index (κ1) is 18.4. The number of aryl methyl sites for hydroxylation is 1. The molecule has 0 fully saturated rings. The molecule has 1 N–H and O–H groups in total. The number of carbonyl (C=O) groups excluding carboxylic acids is 1. The summed E-state index contributed by atoms with van der Waals surface area (Å²) in [5, 5.41) is 2.88. The highest BCUT2D eigenvalue weighted by atomic mass is 16.5. The third-order valence-electron chi connectivity index (χ3n) is 3.86. The van der Waals surface area contributed by atoms with Crippen molar-refractivity contribution in [2.75, 3.05) is 21.3 Å². The van der Waals surface area contributed by atoms with Crippen LogP contribution in [0.1, 0.15) is 16.7 Å².